The van der Waals surface area contributed by atoms with Crippen molar-refractivity contribution in [2.75, 3.05) is 18.5 Å². The molecule has 2 aromatic rings. The van der Waals surface area contributed by atoms with E-state index in [4.69, 9.17) is 4.74 Å². The zero-order valence-corrected chi connectivity index (χ0v) is 21.6. The summed E-state index contributed by atoms with van der Waals surface area (Å²) in [6.45, 7) is 11.9. The maximum atomic E-state index is 13.7. The van der Waals surface area contributed by atoms with Gasteiger partial charge in [0.15, 0.2) is 0 Å². The van der Waals surface area contributed by atoms with Crippen LogP contribution < -0.4 is 10.6 Å². The fourth-order valence-corrected chi connectivity index (χ4v) is 3.70. The summed E-state index contributed by atoms with van der Waals surface area (Å²) in [5.41, 5.74) is 3.24. The van der Waals surface area contributed by atoms with Gasteiger partial charge in [0.2, 0.25) is 5.91 Å². The summed E-state index contributed by atoms with van der Waals surface area (Å²) in [5, 5.41) is 15.3. The summed E-state index contributed by atoms with van der Waals surface area (Å²) in [4.78, 5) is 40.8. The summed E-state index contributed by atoms with van der Waals surface area (Å²) < 4.78 is 5.27. The predicted molar refractivity (Wildman–Crippen MR) is 136 cm³/mol. The Bertz CT molecular complexity index is 1060. The Kier molecular flexibility index (Phi) is 9.42. The predicted octanol–water partition coefficient (Wildman–Crippen LogP) is 4.03. The van der Waals surface area contributed by atoms with Gasteiger partial charge >= 0.3 is 6.09 Å². The van der Waals surface area contributed by atoms with Crippen molar-refractivity contribution in [2.24, 2.45) is 0 Å². The van der Waals surface area contributed by atoms with E-state index in [1.165, 1.54) is 11.8 Å². The van der Waals surface area contributed by atoms with Crippen molar-refractivity contribution in [3.8, 4) is 0 Å². The fourth-order valence-electron chi connectivity index (χ4n) is 3.70. The van der Waals surface area contributed by atoms with E-state index in [9.17, 15) is 19.5 Å². The summed E-state index contributed by atoms with van der Waals surface area (Å²) in [5.74, 6) is -0.935. The Morgan fingerprint density at radius 1 is 1.00 bits per heavy atom. The summed E-state index contributed by atoms with van der Waals surface area (Å²) >= 11 is 0. The number of aryl methyl sites for hydroxylation is 2. The van der Waals surface area contributed by atoms with E-state index in [-0.39, 0.29) is 13.2 Å². The lowest BCUT2D eigenvalue weighted by Crippen LogP contribution is -2.52. The Hall–Kier alpha value is -3.39. The molecule has 3 amide bonds. The molecule has 0 fully saturated rings. The number of nitrogens with one attached hydrogen (secondary N) is 2. The van der Waals surface area contributed by atoms with Crippen LogP contribution in [0, 0.1) is 20.8 Å². The summed E-state index contributed by atoms with van der Waals surface area (Å²) in [6.07, 6.45) is -0.741. The second-order valence-electron chi connectivity index (χ2n) is 9.62. The quantitative estimate of drug-likeness (QED) is 0.526. The number of alkyl carbamates (subject to hydrolysis) is 1. The number of benzene rings is 2. The second-order valence-corrected chi connectivity index (χ2v) is 9.62. The van der Waals surface area contributed by atoms with Crippen LogP contribution in [0.4, 0.5) is 10.5 Å². The Morgan fingerprint density at radius 3 is 2.23 bits per heavy atom. The van der Waals surface area contributed by atoms with Gasteiger partial charge in [-0.1, -0.05) is 36.4 Å². The first kappa shape index (κ1) is 27.9. The second kappa shape index (κ2) is 11.8. The minimum absolute atomic E-state index is 0.0988. The van der Waals surface area contributed by atoms with E-state index in [1.54, 1.807) is 32.9 Å². The van der Waals surface area contributed by atoms with E-state index < -0.39 is 35.6 Å². The molecule has 8 nitrogen and oxygen atoms in total. The average molecular weight is 484 g/mol. The maximum Gasteiger partial charge on any atom is 0.408 e. The number of carbonyl (C=O) groups is 3. The number of nitrogens with zero attached hydrogens (tertiary/aromatic N) is 1. The van der Waals surface area contributed by atoms with Gasteiger partial charge in [0.1, 0.15) is 17.7 Å². The molecular weight excluding hydrogens is 446 g/mol. The van der Waals surface area contributed by atoms with Crippen LogP contribution >= 0.6 is 0 Å². The van der Waals surface area contributed by atoms with E-state index >= 15 is 0 Å². The van der Waals surface area contributed by atoms with Crippen molar-refractivity contribution in [3.63, 3.8) is 0 Å². The molecule has 35 heavy (non-hydrogen) atoms. The van der Waals surface area contributed by atoms with Gasteiger partial charge in [0, 0.05) is 12.2 Å². The number of aliphatic hydroxyl groups is 1. The molecule has 0 bridgehead atoms. The number of ether oxygens (including phenoxy) is 1. The topological polar surface area (TPSA) is 108 Å². The van der Waals surface area contributed by atoms with Crippen LogP contribution in [0.25, 0.3) is 0 Å². The summed E-state index contributed by atoms with van der Waals surface area (Å²) in [7, 11) is 0. The zero-order valence-electron chi connectivity index (χ0n) is 21.6. The van der Waals surface area contributed by atoms with Crippen LogP contribution in [0.3, 0.4) is 0 Å². The molecule has 2 atom stereocenters. The standard InChI is InChI=1S/C27H37N3O5/c1-17-12-10-13-21(19(17)3)23(24(32)29-22-14-9-8-11-18(22)2)30(15-16-31)25(33)20(4)28-26(34)35-27(5,6)7/h8-14,20,23,31H,15-16H2,1-7H3,(H,28,34)(H,29,32). The lowest BCUT2D eigenvalue weighted by molar-refractivity contribution is -0.141. The number of anilines is 1. The molecule has 3 N–H and O–H groups in total. The van der Waals surface area contributed by atoms with Crippen LogP contribution in [-0.2, 0) is 14.3 Å². The largest absolute Gasteiger partial charge is 0.444 e. The highest BCUT2D eigenvalue weighted by Gasteiger charge is 2.35. The maximum absolute atomic E-state index is 13.7. The molecule has 0 heterocycles. The minimum atomic E-state index is -1.03. The molecular formula is C27H37N3O5. The van der Waals surface area contributed by atoms with Crippen molar-refractivity contribution < 1.29 is 24.2 Å². The Labute approximate surface area is 207 Å². The van der Waals surface area contributed by atoms with E-state index in [1.807, 2.05) is 51.1 Å². The van der Waals surface area contributed by atoms with Gasteiger partial charge in [-0.25, -0.2) is 4.79 Å². The van der Waals surface area contributed by atoms with Crippen molar-refractivity contribution in [1.82, 2.24) is 10.2 Å². The number of amides is 3. The van der Waals surface area contributed by atoms with Crippen LogP contribution in [0.15, 0.2) is 42.5 Å². The lowest BCUT2D eigenvalue weighted by atomic mass is 9.95. The molecule has 0 spiro atoms. The molecule has 0 saturated heterocycles. The third-order valence-electron chi connectivity index (χ3n) is 5.63. The highest BCUT2D eigenvalue weighted by Crippen LogP contribution is 2.29. The van der Waals surface area contributed by atoms with Gasteiger partial charge in [-0.3, -0.25) is 9.59 Å². The van der Waals surface area contributed by atoms with E-state index in [0.717, 1.165) is 16.7 Å². The minimum Gasteiger partial charge on any atom is -0.444 e. The van der Waals surface area contributed by atoms with Gasteiger partial charge in [-0.2, -0.15) is 0 Å². The molecule has 0 aliphatic carbocycles. The van der Waals surface area contributed by atoms with E-state index in [2.05, 4.69) is 10.6 Å². The molecule has 190 valence electrons. The van der Waals surface area contributed by atoms with Gasteiger partial charge in [0.05, 0.1) is 6.61 Å². The van der Waals surface area contributed by atoms with Gasteiger partial charge < -0.3 is 25.4 Å². The van der Waals surface area contributed by atoms with Crippen LogP contribution in [0.2, 0.25) is 0 Å². The molecule has 2 rings (SSSR count). The number of aliphatic hydroxyl groups excluding tert-OH is 1. The monoisotopic (exact) mass is 483 g/mol. The highest BCUT2D eigenvalue weighted by molar-refractivity contribution is 5.99. The zero-order chi connectivity index (χ0) is 26.3. The molecule has 8 heteroatoms. The molecule has 2 unspecified atom stereocenters. The molecule has 2 aromatic carbocycles. The van der Waals surface area contributed by atoms with Crippen LogP contribution in [0.1, 0.15) is 56.0 Å². The number of hydrogen-bond acceptors (Lipinski definition) is 5. The van der Waals surface area contributed by atoms with Gasteiger partial charge in [0.25, 0.3) is 5.91 Å². The normalized spacial score (nSPS) is 12.9. The molecule has 0 radical (unpaired) electrons. The molecule has 0 saturated carbocycles. The Balaban J connectivity index is 2.46. The van der Waals surface area contributed by atoms with Gasteiger partial charge in [-0.05, 0) is 76.8 Å². The van der Waals surface area contributed by atoms with Crippen molar-refractivity contribution in [3.05, 3.63) is 64.7 Å². The SMILES string of the molecule is Cc1ccccc1NC(=O)C(c1cccc(C)c1C)N(CCO)C(=O)C(C)NC(=O)OC(C)(C)C. The van der Waals surface area contributed by atoms with Gasteiger partial charge in [-0.15, -0.1) is 0 Å². The Morgan fingerprint density at radius 2 is 1.63 bits per heavy atom. The van der Waals surface area contributed by atoms with Crippen LogP contribution in [0.5, 0.6) is 0 Å². The number of hydrogen-bond donors (Lipinski definition) is 3. The molecule has 0 aliphatic rings. The fraction of sp³-hybridized carbons (Fsp3) is 0.444. The highest BCUT2D eigenvalue weighted by atomic mass is 16.6. The first-order chi connectivity index (χ1) is 16.4. The molecule has 0 aromatic heterocycles. The summed E-state index contributed by atoms with van der Waals surface area (Å²) in [6, 6.07) is 10.9. The first-order valence-electron chi connectivity index (χ1n) is 11.7. The van der Waals surface area contributed by atoms with Crippen molar-refractivity contribution in [1.29, 1.82) is 0 Å². The third-order valence-corrected chi connectivity index (χ3v) is 5.63. The third kappa shape index (κ3) is 7.55. The van der Waals surface area contributed by atoms with Crippen molar-refractivity contribution >= 4 is 23.6 Å². The van der Waals surface area contributed by atoms with Crippen LogP contribution in [-0.4, -0.2) is 52.7 Å². The first-order valence-corrected chi connectivity index (χ1v) is 11.7. The van der Waals surface area contributed by atoms with E-state index in [0.29, 0.717) is 11.3 Å². The molecule has 0 aliphatic heterocycles. The number of carbonyl (C=O) groups excluding carboxylic acids is 3. The average Bonchev–Trinajstić information content (AvgIpc) is 2.76. The lowest BCUT2D eigenvalue weighted by Gasteiger charge is -2.34. The smallest absolute Gasteiger partial charge is 0.408 e. The number of para-hydroxylation sites is 1. The number of rotatable bonds is 8. The van der Waals surface area contributed by atoms with Crippen molar-refractivity contribution in [2.45, 2.75) is 66.2 Å².